The van der Waals surface area contributed by atoms with E-state index in [1.54, 1.807) is 18.2 Å². The summed E-state index contributed by atoms with van der Waals surface area (Å²) in [5, 5.41) is 3.52. The number of halogens is 1. The van der Waals surface area contributed by atoms with Gasteiger partial charge in [-0.2, -0.15) is 0 Å². The van der Waals surface area contributed by atoms with Crippen molar-refractivity contribution in [2.24, 2.45) is 5.92 Å². The van der Waals surface area contributed by atoms with Gasteiger partial charge in [0.25, 0.3) is 5.91 Å². The van der Waals surface area contributed by atoms with Gasteiger partial charge >= 0.3 is 0 Å². The Balaban J connectivity index is 1.98. The van der Waals surface area contributed by atoms with Crippen molar-refractivity contribution in [1.29, 1.82) is 0 Å². The van der Waals surface area contributed by atoms with Crippen LogP contribution in [0.25, 0.3) is 0 Å². The van der Waals surface area contributed by atoms with Gasteiger partial charge in [-0.3, -0.25) is 4.79 Å². The molecule has 0 aliphatic rings. The molecule has 0 saturated heterocycles. The first-order valence-electron chi connectivity index (χ1n) is 7.76. The number of nitrogens with one attached hydrogen (secondary N) is 1. The Morgan fingerprint density at radius 2 is 1.87 bits per heavy atom. The topological polar surface area (TPSA) is 38.3 Å². The van der Waals surface area contributed by atoms with E-state index < -0.39 is 0 Å². The van der Waals surface area contributed by atoms with Crippen molar-refractivity contribution in [2.75, 3.05) is 11.9 Å². The molecule has 4 heteroatoms. The van der Waals surface area contributed by atoms with E-state index in [0.717, 1.165) is 23.4 Å². The first-order chi connectivity index (χ1) is 11.0. The first-order valence-corrected chi connectivity index (χ1v) is 8.14. The molecular weight excluding hydrogens is 310 g/mol. The second-order valence-corrected chi connectivity index (χ2v) is 6.33. The molecule has 2 aromatic rings. The number of carbonyl (C=O) groups is 1. The van der Waals surface area contributed by atoms with Gasteiger partial charge in [-0.25, -0.2) is 0 Å². The average molecular weight is 332 g/mol. The van der Waals surface area contributed by atoms with Crippen LogP contribution in [-0.2, 0) is 0 Å². The zero-order chi connectivity index (χ0) is 16.8. The van der Waals surface area contributed by atoms with Crippen molar-refractivity contribution in [3.63, 3.8) is 0 Å². The van der Waals surface area contributed by atoms with Crippen molar-refractivity contribution < 1.29 is 9.53 Å². The minimum absolute atomic E-state index is 0.163. The van der Waals surface area contributed by atoms with Gasteiger partial charge in [-0.1, -0.05) is 31.5 Å². The van der Waals surface area contributed by atoms with Gasteiger partial charge in [-0.15, -0.1) is 0 Å². The summed E-state index contributed by atoms with van der Waals surface area (Å²) in [6.07, 6.45) is 1.01. The minimum atomic E-state index is -0.163. The third kappa shape index (κ3) is 5.00. The van der Waals surface area contributed by atoms with Crippen LogP contribution >= 0.6 is 11.6 Å². The molecule has 3 nitrogen and oxygen atoms in total. The highest BCUT2D eigenvalue weighted by atomic mass is 35.5. The third-order valence-corrected chi connectivity index (χ3v) is 4.01. The molecular formula is C19H22ClNO2. The SMILES string of the molecule is Cc1c(Cl)cccc1NC(=O)c1ccc(OCCC(C)C)cc1. The zero-order valence-electron chi connectivity index (χ0n) is 13.7. The van der Waals surface area contributed by atoms with Crippen molar-refractivity contribution >= 4 is 23.2 Å². The van der Waals surface area contributed by atoms with Crippen molar-refractivity contribution in [2.45, 2.75) is 27.2 Å². The molecule has 122 valence electrons. The summed E-state index contributed by atoms with van der Waals surface area (Å²) < 4.78 is 5.66. The summed E-state index contributed by atoms with van der Waals surface area (Å²) in [5.74, 6) is 1.23. The van der Waals surface area contributed by atoms with E-state index in [1.165, 1.54) is 0 Å². The van der Waals surface area contributed by atoms with Gasteiger partial charge in [0.05, 0.1) is 6.61 Å². The fourth-order valence-corrected chi connectivity index (χ4v) is 2.23. The van der Waals surface area contributed by atoms with E-state index in [1.807, 2.05) is 31.2 Å². The van der Waals surface area contributed by atoms with Gasteiger partial charge in [0.1, 0.15) is 5.75 Å². The molecule has 0 atom stereocenters. The summed E-state index contributed by atoms with van der Waals surface area (Å²) in [6, 6.07) is 12.6. The number of anilines is 1. The summed E-state index contributed by atoms with van der Waals surface area (Å²) >= 11 is 6.07. The smallest absolute Gasteiger partial charge is 0.255 e. The van der Waals surface area contributed by atoms with Crippen LogP contribution < -0.4 is 10.1 Å². The largest absolute Gasteiger partial charge is 0.494 e. The lowest BCUT2D eigenvalue weighted by Gasteiger charge is -2.11. The van der Waals surface area contributed by atoms with Gasteiger partial charge in [0, 0.05) is 16.3 Å². The fourth-order valence-electron chi connectivity index (χ4n) is 2.05. The van der Waals surface area contributed by atoms with Gasteiger partial charge < -0.3 is 10.1 Å². The number of hydrogen-bond donors (Lipinski definition) is 1. The highest BCUT2D eigenvalue weighted by Crippen LogP contribution is 2.23. The Labute approximate surface area is 142 Å². The second-order valence-electron chi connectivity index (χ2n) is 5.92. The fraction of sp³-hybridized carbons (Fsp3) is 0.316. The molecule has 2 aromatic carbocycles. The predicted molar refractivity (Wildman–Crippen MR) is 95.5 cm³/mol. The molecule has 0 bridgehead atoms. The summed E-state index contributed by atoms with van der Waals surface area (Å²) in [6.45, 7) is 6.89. The monoisotopic (exact) mass is 331 g/mol. The third-order valence-electron chi connectivity index (χ3n) is 3.60. The van der Waals surface area contributed by atoms with Crippen molar-refractivity contribution in [3.8, 4) is 5.75 Å². The van der Waals surface area contributed by atoms with E-state index in [4.69, 9.17) is 16.3 Å². The van der Waals surface area contributed by atoms with Gasteiger partial charge in [-0.05, 0) is 61.2 Å². The maximum absolute atomic E-state index is 12.3. The Morgan fingerprint density at radius 1 is 1.17 bits per heavy atom. The lowest BCUT2D eigenvalue weighted by atomic mass is 10.1. The number of carbonyl (C=O) groups excluding carboxylic acids is 1. The molecule has 0 aliphatic carbocycles. The second kappa shape index (κ2) is 8.02. The molecule has 0 saturated carbocycles. The number of hydrogen-bond acceptors (Lipinski definition) is 2. The Kier molecular flexibility index (Phi) is 6.05. The molecule has 0 aromatic heterocycles. The maximum Gasteiger partial charge on any atom is 0.255 e. The molecule has 1 amide bonds. The Bertz CT molecular complexity index is 666. The lowest BCUT2D eigenvalue weighted by molar-refractivity contribution is 0.102. The van der Waals surface area contributed by atoms with Crippen LogP contribution in [0.5, 0.6) is 5.75 Å². The maximum atomic E-state index is 12.3. The summed E-state index contributed by atoms with van der Waals surface area (Å²) in [7, 11) is 0. The Morgan fingerprint density at radius 3 is 2.52 bits per heavy atom. The quantitative estimate of drug-likeness (QED) is 0.777. The summed E-state index contributed by atoms with van der Waals surface area (Å²) in [5.41, 5.74) is 2.16. The number of amides is 1. The van der Waals surface area contributed by atoms with Crippen LogP contribution in [0, 0.1) is 12.8 Å². The molecule has 23 heavy (non-hydrogen) atoms. The predicted octanol–water partition coefficient (Wildman–Crippen LogP) is 5.33. The van der Waals surface area contributed by atoms with Crippen LogP contribution in [0.2, 0.25) is 5.02 Å². The van der Waals surface area contributed by atoms with Crippen LogP contribution in [0.1, 0.15) is 36.2 Å². The van der Waals surface area contributed by atoms with Crippen LogP contribution in [-0.4, -0.2) is 12.5 Å². The first kappa shape index (κ1) is 17.4. The van der Waals surface area contributed by atoms with Crippen LogP contribution in [0.4, 0.5) is 5.69 Å². The van der Waals surface area contributed by atoms with Crippen molar-refractivity contribution in [3.05, 3.63) is 58.6 Å². The molecule has 0 spiro atoms. The van der Waals surface area contributed by atoms with Crippen molar-refractivity contribution in [1.82, 2.24) is 0 Å². The molecule has 0 fully saturated rings. The minimum Gasteiger partial charge on any atom is -0.494 e. The van der Waals surface area contributed by atoms with E-state index in [0.29, 0.717) is 23.1 Å². The number of benzene rings is 2. The normalized spacial score (nSPS) is 10.7. The van der Waals surface area contributed by atoms with Crippen LogP contribution in [0.3, 0.4) is 0 Å². The highest BCUT2D eigenvalue weighted by Gasteiger charge is 2.09. The zero-order valence-corrected chi connectivity index (χ0v) is 14.5. The highest BCUT2D eigenvalue weighted by molar-refractivity contribution is 6.31. The lowest BCUT2D eigenvalue weighted by Crippen LogP contribution is -2.12. The molecule has 1 N–H and O–H groups in total. The molecule has 0 aliphatic heterocycles. The average Bonchev–Trinajstić information content (AvgIpc) is 2.52. The molecule has 0 heterocycles. The van der Waals surface area contributed by atoms with Crippen LogP contribution in [0.15, 0.2) is 42.5 Å². The Hall–Kier alpha value is -2.00. The molecule has 2 rings (SSSR count). The summed E-state index contributed by atoms with van der Waals surface area (Å²) in [4.78, 5) is 12.3. The van der Waals surface area contributed by atoms with E-state index in [-0.39, 0.29) is 5.91 Å². The van der Waals surface area contributed by atoms with Gasteiger partial charge in [0.2, 0.25) is 0 Å². The van der Waals surface area contributed by atoms with E-state index in [9.17, 15) is 4.79 Å². The van der Waals surface area contributed by atoms with E-state index in [2.05, 4.69) is 19.2 Å². The van der Waals surface area contributed by atoms with Gasteiger partial charge in [0.15, 0.2) is 0 Å². The van der Waals surface area contributed by atoms with E-state index >= 15 is 0 Å². The molecule has 0 unspecified atom stereocenters. The number of rotatable bonds is 6. The standard InChI is InChI=1S/C19H22ClNO2/c1-13(2)11-12-23-16-9-7-15(8-10-16)19(22)21-18-6-4-5-17(20)14(18)3/h4-10,13H,11-12H2,1-3H3,(H,21,22). The number of ether oxygens (including phenoxy) is 1. The molecule has 0 radical (unpaired) electrons.